The third kappa shape index (κ3) is 2.32. The summed E-state index contributed by atoms with van der Waals surface area (Å²) < 4.78 is 7.14. The fourth-order valence-electron chi connectivity index (χ4n) is 3.12. The van der Waals surface area contributed by atoms with Crippen LogP contribution in [0.1, 0.15) is 6.42 Å². The summed E-state index contributed by atoms with van der Waals surface area (Å²) in [5.41, 5.74) is 2.48. The molecule has 116 valence electrons. The minimum atomic E-state index is -0.0625. The van der Waals surface area contributed by atoms with Gasteiger partial charge in [0.05, 0.1) is 30.4 Å². The second kappa shape index (κ2) is 5.58. The molecule has 4 heterocycles. The predicted octanol–water partition coefficient (Wildman–Crippen LogP) is 0.928. The first kappa shape index (κ1) is 13.5. The lowest BCUT2D eigenvalue weighted by atomic mass is 10.3. The highest BCUT2D eigenvalue weighted by Crippen LogP contribution is 2.19. The highest BCUT2D eigenvalue weighted by Gasteiger charge is 2.13. The third-order valence-electron chi connectivity index (χ3n) is 4.29. The van der Waals surface area contributed by atoms with Crippen LogP contribution in [-0.2, 0) is 11.3 Å². The number of aromatic nitrogens is 4. The number of aromatic amines is 2. The van der Waals surface area contributed by atoms with E-state index < -0.39 is 0 Å². The zero-order valence-electron chi connectivity index (χ0n) is 12.3. The summed E-state index contributed by atoms with van der Waals surface area (Å²) in [7, 11) is 0. The van der Waals surface area contributed by atoms with E-state index >= 15 is 0 Å². The van der Waals surface area contributed by atoms with Gasteiger partial charge < -0.3 is 14.7 Å². The molecule has 1 saturated heterocycles. The smallest absolute Gasteiger partial charge is 0.326 e. The molecule has 7 heteroatoms. The van der Waals surface area contributed by atoms with Gasteiger partial charge in [-0.3, -0.25) is 9.47 Å². The minimum Gasteiger partial charge on any atom is -0.379 e. The summed E-state index contributed by atoms with van der Waals surface area (Å²) in [5.74, 6) is 0. The molecule has 3 aromatic heterocycles. The van der Waals surface area contributed by atoms with Crippen LogP contribution in [0.15, 0.2) is 23.3 Å². The Morgan fingerprint density at radius 3 is 3.00 bits per heavy atom. The number of ether oxygens (including phenoxy) is 1. The molecular formula is C15H19N5O2. The van der Waals surface area contributed by atoms with Gasteiger partial charge in [-0.25, -0.2) is 9.78 Å². The molecule has 0 unspecified atom stereocenters. The van der Waals surface area contributed by atoms with Crippen LogP contribution in [0.3, 0.4) is 0 Å². The Balaban J connectivity index is 1.56. The first-order chi connectivity index (χ1) is 10.8. The number of nitrogens with one attached hydrogen (secondary N) is 2. The van der Waals surface area contributed by atoms with Gasteiger partial charge in [-0.05, 0) is 12.5 Å². The number of hydrogen-bond donors (Lipinski definition) is 2. The Bertz CT molecular complexity index is 840. The van der Waals surface area contributed by atoms with E-state index in [2.05, 4.69) is 19.9 Å². The van der Waals surface area contributed by atoms with Crippen molar-refractivity contribution in [3.8, 4) is 0 Å². The molecule has 2 N–H and O–H groups in total. The molecule has 0 aliphatic carbocycles. The van der Waals surface area contributed by atoms with Crippen LogP contribution < -0.4 is 5.69 Å². The zero-order valence-corrected chi connectivity index (χ0v) is 12.3. The summed E-state index contributed by atoms with van der Waals surface area (Å²) in [6, 6.07) is 1.94. The van der Waals surface area contributed by atoms with Crippen LogP contribution >= 0.6 is 0 Å². The van der Waals surface area contributed by atoms with Gasteiger partial charge in [0.15, 0.2) is 0 Å². The maximum atomic E-state index is 12.2. The number of rotatable bonds is 4. The van der Waals surface area contributed by atoms with Gasteiger partial charge >= 0.3 is 5.69 Å². The number of fused-ring (bicyclic) bond motifs is 3. The zero-order chi connectivity index (χ0) is 14.9. The number of hydrogen-bond acceptors (Lipinski definition) is 4. The SMILES string of the molecule is O=c1[nH]c2c3cc[nH]c3ncc2n1CCCN1CCOCC1. The molecule has 0 radical (unpaired) electrons. The molecule has 0 aromatic carbocycles. The second-order valence-corrected chi connectivity index (χ2v) is 5.65. The van der Waals surface area contributed by atoms with Crippen molar-refractivity contribution < 1.29 is 4.74 Å². The van der Waals surface area contributed by atoms with Crippen LogP contribution in [0.2, 0.25) is 0 Å². The van der Waals surface area contributed by atoms with E-state index in [1.807, 2.05) is 12.3 Å². The fourth-order valence-corrected chi connectivity index (χ4v) is 3.12. The lowest BCUT2D eigenvalue weighted by molar-refractivity contribution is 0.0369. The highest BCUT2D eigenvalue weighted by molar-refractivity contribution is 6.00. The lowest BCUT2D eigenvalue weighted by Gasteiger charge is -2.26. The summed E-state index contributed by atoms with van der Waals surface area (Å²) in [4.78, 5) is 25.0. The lowest BCUT2D eigenvalue weighted by Crippen LogP contribution is -2.37. The van der Waals surface area contributed by atoms with Crippen molar-refractivity contribution in [1.29, 1.82) is 0 Å². The van der Waals surface area contributed by atoms with Gasteiger partial charge in [0.1, 0.15) is 5.65 Å². The minimum absolute atomic E-state index is 0.0625. The van der Waals surface area contributed by atoms with E-state index in [9.17, 15) is 4.79 Å². The molecule has 0 atom stereocenters. The highest BCUT2D eigenvalue weighted by atomic mass is 16.5. The van der Waals surface area contributed by atoms with Crippen molar-refractivity contribution in [3.05, 3.63) is 28.9 Å². The number of nitrogens with zero attached hydrogens (tertiary/aromatic N) is 3. The standard InChI is InChI=1S/C15H19N5O2/c21-15-18-13-11-2-3-16-14(11)17-10-12(13)20(15)5-1-4-19-6-8-22-9-7-19/h2-3,10H,1,4-9H2,(H,16,17)(H,18,21). The van der Waals surface area contributed by atoms with Crippen molar-refractivity contribution in [2.45, 2.75) is 13.0 Å². The van der Waals surface area contributed by atoms with Crippen LogP contribution in [-0.4, -0.2) is 57.3 Å². The summed E-state index contributed by atoms with van der Waals surface area (Å²) in [6.07, 6.45) is 4.55. The Morgan fingerprint density at radius 2 is 2.14 bits per heavy atom. The maximum absolute atomic E-state index is 12.2. The Labute approximate surface area is 126 Å². The second-order valence-electron chi connectivity index (χ2n) is 5.65. The first-order valence-corrected chi connectivity index (χ1v) is 7.67. The van der Waals surface area contributed by atoms with Crippen molar-refractivity contribution in [2.75, 3.05) is 32.8 Å². The van der Waals surface area contributed by atoms with Crippen LogP contribution in [0.4, 0.5) is 0 Å². The maximum Gasteiger partial charge on any atom is 0.326 e. The number of pyridine rings is 1. The Kier molecular flexibility index (Phi) is 3.44. The van der Waals surface area contributed by atoms with E-state index in [1.165, 1.54) is 0 Å². The third-order valence-corrected chi connectivity index (χ3v) is 4.29. The summed E-state index contributed by atoms with van der Waals surface area (Å²) in [6.45, 7) is 5.27. The van der Waals surface area contributed by atoms with Crippen LogP contribution in [0, 0.1) is 0 Å². The van der Waals surface area contributed by atoms with Gasteiger partial charge in [-0.15, -0.1) is 0 Å². The summed E-state index contributed by atoms with van der Waals surface area (Å²) in [5, 5.41) is 0.960. The van der Waals surface area contributed by atoms with Gasteiger partial charge in [0, 0.05) is 37.8 Å². The van der Waals surface area contributed by atoms with Crippen molar-refractivity contribution in [1.82, 2.24) is 24.4 Å². The largest absolute Gasteiger partial charge is 0.379 e. The average molecular weight is 301 g/mol. The molecule has 7 nitrogen and oxygen atoms in total. The van der Waals surface area contributed by atoms with Crippen molar-refractivity contribution in [2.24, 2.45) is 0 Å². The number of imidazole rings is 1. The van der Waals surface area contributed by atoms with Gasteiger partial charge in [-0.2, -0.15) is 0 Å². The van der Waals surface area contributed by atoms with Crippen molar-refractivity contribution in [3.63, 3.8) is 0 Å². The Morgan fingerprint density at radius 1 is 1.27 bits per heavy atom. The molecule has 22 heavy (non-hydrogen) atoms. The molecule has 1 aliphatic heterocycles. The molecule has 1 fully saturated rings. The molecular weight excluding hydrogens is 282 g/mol. The molecule has 0 saturated carbocycles. The molecule has 4 rings (SSSR count). The van der Waals surface area contributed by atoms with Crippen molar-refractivity contribution >= 4 is 22.1 Å². The van der Waals surface area contributed by atoms with Gasteiger partial charge in [-0.1, -0.05) is 0 Å². The number of H-pyrrole nitrogens is 2. The van der Waals surface area contributed by atoms with Gasteiger partial charge in [0.2, 0.25) is 0 Å². The average Bonchev–Trinajstić information content (AvgIpc) is 3.13. The summed E-state index contributed by atoms with van der Waals surface area (Å²) >= 11 is 0. The van der Waals surface area contributed by atoms with Crippen LogP contribution in [0.5, 0.6) is 0 Å². The van der Waals surface area contributed by atoms with E-state index in [-0.39, 0.29) is 5.69 Å². The molecule has 0 amide bonds. The quantitative estimate of drug-likeness (QED) is 0.751. The van der Waals surface area contributed by atoms with E-state index in [1.54, 1.807) is 10.8 Å². The number of aryl methyl sites for hydroxylation is 1. The van der Waals surface area contributed by atoms with E-state index in [0.717, 1.165) is 61.3 Å². The molecule has 3 aromatic rings. The molecule has 0 spiro atoms. The fraction of sp³-hybridized carbons (Fsp3) is 0.467. The van der Waals surface area contributed by atoms with Crippen LogP contribution in [0.25, 0.3) is 22.1 Å². The topological polar surface area (TPSA) is 78.9 Å². The Hall–Kier alpha value is -2.12. The first-order valence-electron chi connectivity index (χ1n) is 7.67. The molecule has 0 bridgehead atoms. The van der Waals surface area contributed by atoms with Gasteiger partial charge in [0.25, 0.3) is 0 Å². The molecule has 1 aliphatic rings. The van der Waals surface area contributed by atoms with E-state index in [4.69, 9.17) is 4.74 Å². The normalized spacial score (nSPS) is 16.7. The van der Waals surface area contributed by atoms with E-state index in [0.29, 0.717) is 6.54 Å². The number of morpholine rings is 1. The predicted molar refractivity (Wildman–Crippen MR) is 84.1 cm³/mol. The monoisotopic (exact) mass is 301 g/mol.